The Morgan fingerprint density at radius 1 is 1.14 bits per heavy atom. The molecule has 1 aliphatic heterocycles. The largest absolute Gasteiger partial charge is 0.262 e. The van der Waals surface area contributed by atoms with Crippen LogP contribution in [0.1, 0.15) is 28.8 Å². The van der Waals surface area contributed by atoms with Gasteiger partial charge in [-0.2, -0.15) is 0 Å². The van der Waals surface area contributed by atoms with E-state index >= 15 is 0 Å². The fourth-order valence-corrected chi connectivity index (χ4v) is 5.39. The molecule has 0 saturated heterocycles. The number of hydrogen-bond acceptors (Lipinski definition) is 1. The van der Waals surface area contributed by atoms with Gasteiger partial charge in [0.25, 0.3) is 0 Å². The van der Waals surface area contributed by atoms with Crippen molar-refractivity contribution in [1.29, 1.82) is 0 Å². The molecule has 0 unspecified atom stereocenters. The normalized spacial score (nSPS) is 23.7. The lowest BCUT2D eigenvalue weighted by Crippen LogP contribution is -2.28. The highest BCUT2D eigenvalue weighted by molar-refractivity contribution is 6.72. The highest BCUT2D eigenvalue weighted by Gasteiger charge is 2.27. The molecule has 74 valence electrons. The summed E-state index contributed by atoms with van der Waals surface area (Å²) < 4.78 is 0. The SMILES string of the molecule is Cc1c2c(nc3c1CC[Si@@H]3C)CCC2. The number of rotatable bonds is 0. The van der Waals surface area contributed by atoms with Gasteiger partial charge in [0.05, 0.1) is 8.80 Å². The van der Waals surface area contributed by atoms with Gasteiger partial charge < -0.3 is 0 Å². The molecule has 2 aliphatic rings. The van der Waals surface area contributed by atoms with Gasteiger partial charge in [0.15, 0.2) is 0 Å². The molecule has 1 nitrogen and oxygen atoms in total. The van der Waals surface area contributed by atoms with Gasteiger partial charge in [0.1, 0.15) is 0 Å². The highest BCUT2D eigenvalue weighted by Crippen LogP contribution is 2.28. The molecule has 0 fully saturated rings. The molecule has 1 atom stereocenters. The van der Waals surface area contributed by atoms with Crippen LogP contribution in [-0.4, -0.2) is 13.8 Å². The fraction of sp³-hybridized carbons (Fsp3) is 0.583. The molecule has 0 N–H and O–H groups in total. The van der Waals surface area contributed by atoms with Gasteiger partial charge in [-0.15, -0.1) is 0 Å². The molecule has 0 radical (unpaired) electrons. The van der Waals surface area contributed by atoms with Gasteiger partial charge >= 0.3 is 0 Å². The first kappa shape index (κ1) is 8.66. The van der Waals surface area contributed by atoms with E-state index in [-0.39, 0.29) is 0 Å². The topological polar surface area (TPSA) is 12.9 Å². The van der Waals surface area contributed by atoms with E-state index in [0.29, 0.717) is 0 Å². The second-order valence-electron chi connectivity index (χ2n) is 4.82. The van der Waals surface area contributed by atoms with Crippen LogP contribution >= 0.6 is 0 Å². The van der Waals surface area contributed by atoms with Crippen LogP contribution in [-0.2, 0) is 19.3 Å². The van der Waals surface area contributed by atoms with Crippen LogP contribution in [0.25, 0.3) is 0 Å². The lowest BCUT2D eigenvalue weighted by Gasteiger charge is -2.11. The standard InChI is InChI=1S/C12H17NSi/c1-8-9-4-3-5-11(9)13-12-10(8)6-7-14(12)2/h14H,3-7H2,1-2H3/t14-/m0/s1. The molecule has 0 saturated carbocycles. The molecule has 0 spiro atoms. The van der Waals surface area contributed by atoms with Crippen LogP contribution in [0.3, 0.4) is 0 Å². The third-order valence-electron chi connectivity index (χ3n) is 3.95. The Labute approximate surface area is 87.2 Å². The maximum atomic E-state index is 4.94. The maximum absolute atomic E-state index is 4.94. The van der Waals surface area contributed by atoms with E-state index < -0.39 is 8.80 Å². The summed E-state index contributed by atoms with van der Waals surface area (Å²) in [5.74, 6) is 0. The highest BCUT2D eigenvalue weighted by atomic mass is 28.3. The number of aromatic nitrogens is 1. The minimum Gasteiger partial charge on any atom is -0.262 e. The summed E-state index contributed by atoms with van der Waals surface area (Å²) in [4.78, 5) is 4.94. The molecular weight excluding hydrogens is 186 g/mol. The average molecular weight is 203 g/mol. The van der Waals surface area contributed by atoms with Crippen molar-refractivity contribution in [3.63, 3.8) is 0 Å². The van der Waals surface area contributed by atoms with E-state index in [4.69, 9.17) is 4.98 Å². The predicted octanol–water partition coefficient (Wildman–Crippen LogP) is 1.50. The van der Waals surface area contributed by atoms with Crippen LogP contribution in [0.4, 0.5) is 0 Å². The summed E-state index contributed by atoms with van der Waals surface area (Å²) in [5, 5.41) is 1.56. The van der Waals surface area contributed by atoms with Crippen LogP contribution in [0.15, 0.2) is 0 Å². The van der Waals surface area contributed by atoms with Gasteiger partial charge in [-0.1, -0.05) is 12.6 Å². The zero-order chi connectivity index (χ0) is 9.71. The second-order valence-corrected chi connectivity index (χ2v) is 7.75. The first-order valence-corrected chi connectivity index (χ1v) is 8.33. The first-order valence-electron chi connectivity index (χ1n) is 5.78. The summed E-state index contributed by atoms with van der Waals surface area (Å²) in [7, 11) is -0.621. The monoisotopic (exact) mass is 203 g/mol. The molecule has 14 heavy (non-hydrogen) atoms. The number of nitrogens with zero attached hydrogens (tertiary/aromatic N) is 1. The van der Waals surface area contributed by atoms with E-state index in [1.165, 1.54) is 37.4 Å². The molecule has 0 aromatic carbocycles. The van der Waals surface area contributed by atoms with E-state index in [0.717, 1.165) is 0 Å². The Bertz CT molecular complexity index is 398. The summed E-state index contributed by atoms with van der Waals surface area (Å²) in [5.41, 5.74) is 6.30. The smallest absolute Gasteiger partial charge is 0.0921 e. The van der Waals surface area contributed by atoms with Crippen molar-refractivity contribution in [3.05, 3.63) is 22.4 Å². The average Bonchev–Trinajstić information content (AvgIpc) is 2.75. The number of hydrogen-bond donors (Lipinski definition) is 0. The van der Waals surface area contributed by atoms with Crippen molar-refractivity contribution in [2.75, 3.05) is 0 Å². The van der Waals surface area contributed by atoms with E-state index in [2.05, 4.69) is 13.5 Å². The van der Waals surface area contributed by atoms with Gasteiger partial charge in [0.2, 0.25) is 0 Å². The number of fused-ring (bicyclic) bond motifs is 2. The van der Waals surface area contributed by atoms with Crippen molar-refractivity contribution >= 4 is 14.1 Å². The van der Waals surface area contributed by atoms with Crippen LogP contribution in [0.5, 0.6) is 0 Å². The fourth-order valence-electron chi connectivity index (χ4n) is 3.06. The summed E-state index contributed by atoms with van der Waals surface area (Å²) >= 11 is 0. The lowest BCUT2D eigenvalue weighted by molar-refractivity contribution is 0.899. The van der Waals surface area contributed by atoms with Crippen molar-refractivity contribution < 1.29 is 0 Å². The second kappa shape index (κ2) is 2.93. The molecule has 2 heteroatoms. The molecule has 1 aromatic heterocycles. The Hall–Kier alpha value is -0.633. The number of aryl methyl sites for hydroxylation is 1. The first-order chi connectivity index (χ1) is 6.77. The zero-order valence-corrected chi connectivity index (χ0v) is 10.2. The minimum atomic E-state index is -0.621. The summed E-state index contributed by atoms with van der Waals surface area (Å²) in [6.45, 7) is 4.79. The Kier molecular flexibility index (Phi) is 1.81. The summed E-state index contributed by atoms with van der Waals surface area (Å²) in [6.07, 6.45) is 5.19. The van der Waals surface area contributed by atoms with Crippen molar-refractivity contribution in [2.45, 2.75) is 45.2 Å². The quantitative estimate of drug-likeness (QED) is 0.582. The molecule has 1 aromatic rings. The Balaban J connectivity index is 2.24. The van der Waals surface area contributed by atoms with Gasteiger partial charge in [-0.3, -0.25) is 4.98 Å². The van der Waals surface area contributed by atoms with Crippen LogP contribution in [0.2, 0.25) is 12.6 Å². The summed E-state index contributed by atoms with van der Waals surface area (Å²) in [6, 6.07) is 1.45. The molecule has 3 rings (SSSR count). The molecule has 0 amide bonds. The Morgan fingerprint density at radius 3 is 2.86 bits per heavy atom. The van der Waals surface area contributed by atoms with Crippen molar-refractivity contribution in [3.8, 4) is 0 Å². The minimum absolute atomic E-state index is 0.621. The molecule has 2 heterocycles. The molecule has 1 aliphatic carbocycles. The predicted molar refractivity (Wildman–Crippen MR) is 62.2 cm³/mol. The van der Waals surface area contributed by atoms with Crippen molar-refractivity contribution in [2.24, 2.45) is 0 Å². The third-order valence-corrected chi connectivity index (χ3v) is 6.52. The van der Waals surface area contributed by atoms with Gasteiger partial charge in [-0.05, 0) is 49.3 Å². The van der Waals surface area contributed by atoms with Crippen LogP contribution < -0.4 is 5.32 Å². The Morgan fingerprint density at radius 2 is 2.00 bits per heavy atom. The van der Waals surface area contributed by atoms with Gasteiger partial charge in [-0.25, -0.2) is 0 Å². The lowest BCUT2D eigenvalue weighted by atomic mass is 10.0. The van der Waals surface area contributed by atoms with Crippen molar-refractivity contribution in [1.82, 2.24) is 4.98 Å². The molecular formula is C12H17NSi. The number of pyridine rings is 1. The molecule has 0 bridgehead atoms. The van der Waals surface area contributed by atoms with E-state index in [9.17, 15) is 0 Å². The van der Waals surface area contributed by atoms with E-state index in [1.807, 2.05) is 0 Å². The maximum Gasteiger partial charge on any atom is 0.0921 e. The zero-order valence-electron chi connectivity index (χ0n) is 9.06. The van der Waals surface area contributed by atoms with Crippen LogP contribution in [0, 0.1) is 6.92 Å². The van der Waals surface area contributed by atoms with E-state index in [1.54, 1.807) is 22.0 Å². The van der Waals surface area contributed by atoms with Gasteiger partial charge in [0, 0.05) is 11.0 Å². The third kappa shape index (κ3) is 1.03.